The molecule has 0 unspecified atom stereocenters. The summed E-state index contributed by atoms with van der Waals surface area (Å²) < 4.78 is 0. The Labute approximate surface area is 117 Å². The van der Waals surface area contributed by atoms with Gasteiger partial charge >= 0.3 is 0 Å². The van der Waals surface area contributed by atoms with Crippen LogP contribution in [0.25, 0.3) is 0 Å². The molecule has 0 atom stereocenters. The summed E-state index contributed by atoms with van der Waals surface area (Å²) in [5, 5.41) is 0. The third-order valence-electron chi connectivity index (χ3n) is 2.79. The van der Waals surface area contributed by atoms with Crippen molar-refractivity contribution < 1.29 is 4.79 Å². The molecule has 1 aromatic rings. The summed E-state index contributed by atoms with van der Waals surface area (Å²) >= 11 is 1.58. The number of thiazole rings is 1. The number of rotatable bonds is 3. The molecule has 1 fully saturated rings. The molecule has 2 rings (SSSR count). The van der Waals surface area contributed by atoms with Crippen molar-refractivity contribution in [1.82, 2.24) is 9.88 Å². The number of amides is 1. The molecule has 0 radical (unpaired) electrons. The number of hydrogen-bond acceptors (Lipinski definition) is 4. The predicted molar refractivity (Wildman–Crippen MR) is 74.0 cm³/mol. The van der Waals surface area contributed by atoms with Gasteiger partial charge in [-0.1, -0.05) is 0 Å². The van der Waals surface area contributed by atoms with Crippen LogP contribution in [0.5, 0.6) is 0 Å². The summed E-state index contributed by atoms with van der Waals surface area (Å²) in [6, 6.07) is 0. The molecule has 0 aromatic carbocycles. The van der Waals surface area contributed by atoms with Crippen molar-refractivity contribution in [1.29, 1.82) is 0 Å². The molecule has 0 spiro atoms. The van der Waals surface area contributed by atoms with Gasteiger partial charge in [-0.2, -0.15) is 0 Å². The molecule has 1 aliphatic carbocycles. The standard InChI is InChI=1S/C10H15N3OS.2ClH/c1-7-8(15-6-12-7)5-13(2)9(14)10(11)3-4-10;;/h6H,3-5,11H2,1-2H3;2*1H. The third kappa shape index (κ3) is 3.55. The van der Waals surface area contributed by atoms with Crippen LogP contribution in [0.4, 0.5) is 0 Å². The van der Waals surface area contributed by atoms with Gasteiger partial charge in [0.05, 0.1) is 23.3 Å². The van der Waals surface area contributed by atoms with Crippen LogP contribution in [0.15, 0.2) is 5.51 Å². The maximum absolute atomic E-state index is 11.8. The van der Waals surface area contributed by atoms with Crippen molar-refractivity contribution in [2.45, 2.75) is 31.8 Å². The maximum Gasteiger partial charge on any atom is 0.242 e. The summed E-state index contributed by atoms with van der Waals surface area (Å²) in [5.41, 5.74) is 8.10. The van der Waals surface area contributed by atoms with Gasteiger partial charge in [-0.3, -0.25) is 4.79 Å². The Morgan fingerprint density at radius 1 is 1.59 bits per heavy atom. The monoisotopic (exact) mass is 297 g/mol. The zero-order valence-corrected chi connectivity index (χ0v) is 12.3. The maximum atomic E-state index is 11.8. The topological polar surface area (TPSA) is 59.2 Å². The Morgan fingerprint density at radius 2 is 2.18 bits per heavy atom. The Bertz CT molecular complexity index is 393. The molecule has 2 N–H and O–H groups in total. The molecule has 1 amide bonds. The van der Waals surface area contributed by atoms with Crippen LogP contribution in [-0.4, -0.2) is 28.4 Å². The molecule has 7 heteroatoms. The average molecular weight is 298 g/mol. The molecule has 1 aliphatic rings. The van der Waals surface area contributed by atoms with Gasteiger partial charge < -0.3 is 10.6 Å². The zero-order chi connectivity index (χ0) is 11.1. The lowest BCUT2D eigenvalue weighted by molar-refractivity contribution is -0.132. The molecule has 0 saturated heterocycles. The lowest BCUT2D eigenvalue weighted by Gasteiger charge is -2.20. The number of halogens is 2. The van der Waals surface area contributed by atoms with Gasteiger partial charge in [0.25, 0.3) is 0 Å². The van der Waals surface area contributed by atoms with E-state index < -0.39 is 5.54 Å². The first-order valence-electron chi connectivity index (χ1n) is 4.96. The largest absolute Gasteiger partial charge is 0.339 e. The van der Waals surface area contributed by atoms with E-state index in [1.807, 2.05) is 6.92 Å². The number of aromatic nitrogens is 1. The number of carbonyl (C=O) groups excluding carboxylic acids is 1. The molecule has 17 heavy (non-hydrogen) atoms. The van der Waals surface area contributed by atoms with Crippen LogP contribution in [0.3, 0.4) is 0 Å². The van der Waals surface area contributed by atoms with Gasteiger partial charge in [0.1, 0.15) is 0 Å². The number of carbonyl (C=O) groups is 1. The van der Waals surface area contributed by atoms with E-state index in [9.17, 15) is 4.79 Å². The minimum absolute atomic E-state index is 0. The van der Waals surface area contributed by atoms with Gasteiger partial charge in [-0.05, 0) is 19.8 Å². The summed E-state index contributed by atoms with van der Waals surface area (Å²) in [4.78, 5) is 18.8. The second kappa shape index (κ2) is 6.00. The van der Waals surface area contributed by atoms with E-state index in [2.05, 4.69) is 4.98 Å². The number of nitrogens with two attached hydrogens (primary N) is 1. The molecule has 1 saturated carbocycles. The summed E-state index contributed by atoms with van der Waals surface area (Å²) in [6.07, 6.45) is 1.63. The van der Waals surface area contributed by atoms with Gasteiger partial charge in [-0.25, -0.2) is 4.98 Å². The second-order valence-electron chi connectivity index (χ2n) is 4.18. The van der Waals surface area contributed by atoms with E-state index in [0.717, 1.165) is 23.4 Å². The smallest absolute Gasteiger partial charge is 0.242 e. The minimum atomic E-state index is -0.562. The molecule has 1 heterocycles. The fourth-order valence-electron chi connectivity index (χ4n) is 1.49. The molecular weight excluding hydrogens is 281 g/mol. The second-order valence-corrected chi connectivity index (χ2v) is 5.12. The van der Waals surface area contributed by atoms with Crippen molar-refractivity contribution >= 4 is 42.1 Å². The van der Waals surface area contributed by atoms with Crippen LogP contribution >= 0.6 is 36.2 Å². The highest BCUT2D eigenvalue weighted by Gasteiger charge is 2.47. The first-order valence-corrected chi connectivity index (χ1v) is 5.84. The van der Waals surface area contributed by atoms with E-state index >= 15 is 0 Å². The van der Waals surface area contributed by atoms with Crippen LogP contribution in [0, 0.1) is 6.92 Å². The summed E-state index contributed by atoms with van der Waals surface area (Å²) in [5.74, 6) is 0.0512. The van der Waals surface area contributed by atoms with Crippen molar-refractivity contribution in [3.8, 4) is 0 Å². The fraction of sp³-hybridized carbons (Fsp3) is 0.600. The highest BCUT2D eigenvalue weighted by molar-refractivity contribution is 7.09. The highest BCUT2D eigenvalue weighted by Crippen LogP contribution is 2.34. The quantitative estimate of drug-likeness (QED) is 0.925. The molecule has 1 aromatic heterocycles. The van der Waals surface area contributed by atoms with E-state index in [-0.39, 0.29) is 30.7 Å². The summed E-state index contributed by atoms with van der Waals surface area (Å²) in [6.45, 7) is 2.58. The van der Waals surface area contributed by atoms with Crippen molar-refractivity contribution in [2.75, 3.05) is 7.05 Å². The van der Waals surface area contributed by atoms with Gasteiger partial charge in [0, 0.05) is 11.9 Å². The zero-order valence-electron chi connectivity index (χ0n) is 9.80. The Hall–Kier alpha value is -0.360. The molecule has 4 nitrogen and oxygen atoms in total. The molecule has 0 bridgehead atoms. The Morgan fingerprint density at radius 3 is 2.59 bits per heavy atom. The van der Waals surface area contributed by atoms with Gasteiger partial charge in [0.2, 0.25) is 5.91 Å². The average Bonchev–Trinajstić information content (AvgIpc) is 2.83. The Kier molecular flexibility index (Phi) is 5.87. The van der Waals surface area contributed by atoms with Gasteiger partial charge in [-0.15, -0.1) is 36.2 Å². The normalized spacial score (nSPS) is 15.5. The first kappa shape index (κ1) is 16.6. The van der Waals surface area contributed by atoms with E-state index in [0.29, 0.717) is 6.54 Å². The van der Waals surface area contributed by atoms with Crippen LogP contribution in [0.2, 0.25) is 0 Å². The van der Waals surface area contributed by atoms with E-state index in [4.69, 9.17) is 5.73 Å². The highest BCUT2D eigenvalue weighted by atomic mass is 35.5. The first-order chi connectivity index (χ1) is 7.03. The van der Waals surface area contributed by atoms with Crippen LogP contribution in [0.1, 0.15) is 23.4 Å². The molecule has 98 valence electrons. The van der Waals surface area contributed by atoms with Crippen molar-refractivity contribution in [2.24, 2.45) is 5.73 Å². The SMILES string of the molecule is Cc1ncsc1CN(C)C(=O)C1(N)CC1.Cl.Cl. The third-order valence-corrected chi connectivity index (χ3v) is 3.71. The summed E-state index contributed by atoms with van der Waals surface area (Å²) in [7, 11) is 1.80. The van der Waals surface area contributed by atoms with E-state index in [1.54, 1.807) is 28.8 Å². The Balaban J connectivity index is 0.00000128. The van der Waals surface area contributed by atoms with Crippen LogP contribution < -0.4 is 5.73 Å². The fourth-order valence-corrected chi connectivity index (χ4v) is 2.32. The molecular formula is C10H17Cl2N3OS. The minimum Gasteiger partial charge on any atom is -0.339 e. The predicted octanol–water partition coefficient (Wildman–Crippen LogP) is 1.74. The number of hydrogen-bond donors (Lipinski definition) is 1. The van der Waals surface area contributed by atoms with Crippen molar-refractivity contribution in [3.05, 3.63) is 16.1 Å². The lowest BCUT2D eigenvalue weighted by atomic mass is 10.2. The van der Waals surface area contributed by atoms with Gasteiger partial charge in [0.15, 0.2) is 0 Å². The number of aryl methyl sites for hydroxylation is 1. The lowest BCUT2D eigenvalue weighted by Crippen LogP contribution is -2.43. The number of likely N-dealkylation sites (N-methyl/N-ethyl adjacent to an activating group) is 1. The van der Waals surface area contributed by atoms with Crippen molar-refractivity contribution in [3.63, 3.8) is 0 Å². The van der Waals surface area contributed by atoms with Crippen LogP contribution in [-0.2, 0) is 11.3 Å². The van der Waals surface area contributed by atoms with E-state index in [1.165, 1.54) is 0 Å². The number of nitrogens with zero attached hydrogens (tertiary/aromatic N) is 2. The molecule has 0 aliphatic heterocycles.